The zero-order valence-electron chi connectivity index (χ0n) is 27.5. The normalized spacial score (nSPS) is 16.9. The molecule has 1 aliphatic heterocycles. The quantitative estimate of drug-likeness (QED) is 0.136. The number of aromatic nitrogens is 3. The van der Waals surface area contributed by atoms with E-state index in [1.807, 2.05) is 55.5 Å². The summed E-state index contributed by atoms with van der Waals surface area (Å²) >= 11 is 0. The van der Waals surface area contributed by atoms with Gasteiger partial charge in [0.1, 0.15) is 12.4 Å². The highest BCUT2D eigenvalue weighted by molar-refractivity contribution is 5.98. The van der Waals surface area contributed by atoms with Gasteiger partial charge < -0.3 is 30.1 Å². The molecule has 1 amide bonds. The maximum Gasteiger partial charge on any atom is 0.416 e. The zero-order valence-corrected chi connectivity index (χ0v) is 27.5. The van der Waals surface area contributed by atoms with Gasteiger partial charge in [0.2, 0.25) is 11.8 Å². The molecular weight excluding hydrogens is 649 g/mol. The fourth-order valence-electron chi connectivity index (χ4n) is 5.99. The lowest BCUT2D eigenvalue weighted by Crippen LogP contribution is -2.48. The molecule has 260 valence electrons. The second kappa shape index (κ2) is 15.0. The van der Waals surface area contributed by atoms with E-state index in [2.05, 4.69) is 27.5 Å². The standard InChI is InChI=1S/C37H37F3N6O4/c1-23-18-26(21-46(20-23)36(48)49-22-25-8-4-3-5-9-25)44-35-42-17-15-31(45-35)29-11-7-16-41-34(29)50-33-24(2)13-14-27-28(33)10-6-12-30(27)43-19-32(47)37(38,39)40/h3-17,23,26,32,43,47H,18-22H2,1-2H3,(H,42,44,45)/t23-,26+,32+/m1/s1. The minimum atomic E-state index is -4.74. The third-order valence-corrected chi connectivity index (χ3v) is 8.43. The van der Waals surface area contributed by atoms with Crippen LogP contribution in [0.3, 0.4) is 0 Å². The minimum absolute atomic E-state index is 0.110. The number of halogens is 3. The smallest absolute Gasteiger partial charge is 0.416 e. The lowest BCUT2D eigenvalue weighted by molar-refractivity contribution is -0.198. The van der Waals surface area contributed by atoms with E-state index >= 15 is 0 Å². The number of anilines is 2. The first-order valence-corrected chi connectivity index (χ1v) is 16.2. The summed E-state index contributed by atoms with van der Waals surface area (Å²) in [6.45, 7) is 4.47. The van der Waals surface area contributed by atoms with Crippen LogP contribution >= 0.6 is 0 Å². The molecule has 1 saturated heterocycles. The van der Waals surface area contributed by atoms with Gasteiger partial charge in [-0.05, 0) is 54.7 Å². The van der Waals surface area contributed by atoms with E-state index in [-0.39, 0.29) is 30.5 Å². The van der Waals surface area contributed by atoms with Crippen LogP contribution < -0.4 is 15.4 Å². The molecule has 0 radical (unpaired) electrons. The van der Waals surface area contributed by atoms with E-state index in [0.29, 0.717) is 52.5 Å². The Balaban J connectivity index is 1.19. The highest BCUT2D eigenvalue weighted by atomic mass is 19.4. The molecule has 0 unspecified atom stereocenters. The lowest BCUT2D eigenvalue weighted by atomic mass is 9.96. The predicted octanol–water partition coefficient (Wildman–Crippen LogP) is 7.59. The number of piperidine rings is 1. The molecule has 0 saturated carbocycles. The fraction of sp³-hybridized carbons (Fsp3) is 0.297. The summed E-state index contributed by atoms with van der Waals surface area (Å²) in [4.78, 5) is 28.3. The number of ether oxygens (including phenoxy) is 2. The van der Waals surface area contributed by atoms with Gasteiger partial charge in [-0.3, -0.25) is 0 Å². The van der Waals surface area contributed by atoms with Crippen molar-refractivity contribution < 1.29 is 32.5 Å². The first kappa shape index (κ1) is 34.4. The summed E-state index contributed by atoms with van der Waals surface area (Å²) in [5, 5.41) is 16.9. The number of amides is 1. The Morgan fingerprint density at radius 2 is 1.80 bits per heavy atom. The van der Waals surface area contributed by atoms with E-state index in [4.69, 9.17) is 14.5 Å². The predicted molar refractivity (Wildman–Crippen MR) is 184 cm³/mol. The van der Waals surface area contributed by atoms with Crippen molar-refractivity contribution in [3.63, 3.8) is 0 Å². The molecule has 6 rings (SSSR count). The molecule has 1 fully saturated rings. The van der Waals surface area contributed by atoms with E-state index < -0.39 is 18.8 Å². The molecular formula is C37H37F3N6O4. The largest absolute Gasteiger partial charge is 0.445 e. The SMILES string of the molecule is Cc1ccc2c(NC[C@H](O)C(F)(F)F)cccc2c1Oc1ncccc1-c1ccnc(N[C@H]2C[C@@H](C)CN(C(=O)OCc3ccccc3)C2)n1. The van der Waals surface area contributed by atoms with Crippen LogP contribution in [0, 0.1) is 12.8 Å². The van der Waals surface area contributed by atoms with Gasteiger partial charge in [-0.2, -0.15) is 13.2 Å². The van der Waals surface area contributed by atoms with Crippen molar-refractivity contribution in [2.75, 3.05) is 30.3 Å². The summed E-state index contributed by atoms with van der Waals surface area (Å²) in [6, 6.07) is 23.5. The van der Waals surface area contributed by atoms with Crippen molar-refractivity contribution >= 4 is 28.5 Å². The Bertz CT molecular complexity index is 1940. The number of carbonyl (C=O) groups excluding carboxylic acids is 1. The summed E-state index contributed by atoms with van der Waals surface area (Å²) in [6.07, 6.45) is -3.58. The van der Waals surface area contributed by atoms with Crippen molar-refractivity contribution in [2.45, 2.75) is 45.2 Å². The van der Waals surface area contributed by atoms with E-state index in [9.17, 15) is 23.1 Å². The molecule has 3 aromatic carbocycles. The topological polar surface area (TPSA) is 122 Å². The van der Waals surface area contributed by atoms with Gasteiger partial charge in [-0.1, -0.05) is 61.5 Å². The highest BCUT2D eigenvalue weighted by Gasteiger charge is 2.38. The summed E-state index contributed by atoms with van der Waals surface area (Å²) < 4.78 is 50.8. The molecule has 3 N–H and O–H groups in total. The number of pyridine rings is 1. The van der Waals surface area contributed by atoms with E-state index in [1.165, 1.54) is 0 Å². The molecule has 10 nitrogen and oxygen atoms in total. The van der Waals surface area contributed by atoms with Crippen molar-refractivity contribution in [3.05, 3.63) is 102 Å². The number of nitrogens with zero attached hydrogens (tertiary/aromatic N) is 4. The zero-order chi connectivity index (χ0) is 35.3. The Kier molecular flexibility index (Phi) is 10.3. The van der Waals surface area contributed by atoms with Gasteiger partial charge in [-0.15, -0.1) is 0 Å². The summed E-state index contributed by atoms with van der Waals surface area (Å²) in [5.74, 6) is 1.36. The van der Waals surface area contributed by atoms with Crippen LogP contribution in [0.4, 0.5) is 29.6 Å². The number of hydrogen-bond acceptors (Lipinski definition) is 9. The average molecular weight is 687 g/mol. The molecule has 3 heterocycles. The van der Waals surface area contributed by atoms with Gasteiger partial charge in [0.25, 0.3) is 0 Å². The summed E-state index contributed by atoms with van der Waals surface area (Å²) in [5.41, 5.74) is 3.27. The minimum Gasteiger partial charge on any atom is -0.445 e. The molecule has 5 aromatic rings. The van der Waals surface area contributed by atoms with E-state index in [1.54, 1.807) is 47.6 Å². The second-order valence-electron chi connectivity index (χ2n) is 12.4. The van der Waals surface area contributed by atoms with Crippen molar-refractivity contribution in [1.29, 1.82) is 0 Å². The Morgan fingerprint density at radius 1 is 0.980 bits per heavy atom. The summed E-state index contributed by atoms with van der Waals surface area (Å²) in [7, 11) is 0. The molecule has 0 spiro atoms. The molecule has 13 heteroatoms. The van der Waals surface area contributed by atoms with Crippen LogP contribution in [0.25, 0.3) is 22.0 Å². The maximum absolute atomic E-state index is 12.9. The molecule has 3 atom stereocenters. The van der Waals surface area contributed by atoms with Gasteiger partial charge >= 0.3 is 12.3 Å². The third-order valence-electron chi connectivity index (χ3n) is 8.43. The molecule has 0 aliphatic carbocycles. The van der Waals surface area contributed by atoms with Gasteiger partial charge in [0.05, 0.1) is 11.3 Å². The molecule has 2 aromatic heterocycles. The Morgan fingerprint density at radius 3 is 2.60 bits per heavy atom. The van der Waals surface area contributed by atoms with Gasteiger partial charge in [-0.25, -0.2) is 19.7 Å². The number of hydrogen-bond donors (Lipinski definition) is 3. The molecule has 0 bridgehead atoms. The number of carbonyl (C=O) groups is 1. The van der Waals surface area contributed by atoms with Crippen molar-refractivity contribution in [2.24, 2.45) is 5.92 Å². The number of aliphatic hydroxyl groups is 1. The van der Waals surface area contributed by atoms with Crippen LogP contribution in [0.15, 0.2) is 91.3 Å². The van der Waals surface area contributed by atoms with Crippen LogP contribution in [-0.4, -0.2) is 69.0 Å². The number of rotatable bonds is 10. The number of nitrogens with one attached hydrogen (secondary N) is 2. The monoisotopic (exact) mass is 686 g/mol. The van der Waals surface area contributed by atoms with E-state index in [0.717, 1.165) is 17.5 Å². The number of fused-ring (bicyclic) bond motifs is 1. The van der Waals surface area contributed by atoms with Crippen molar-refractivity contribution in [3.8, 4) is 22.9 Å². The lowest BCUT2D eigenvalue weighted by Gasteiger charge is -2.36. The molecule has 50 heavy (non-hydrogen) atoms. The third kappa shape index (κ3) is 8.23. The Labute approximate surface area is 287 Å². The highest BCUT2D eigenvalue weighted by Crippen LogP contribution is 2.39. The van der Waals surface area contributed by atoms with Crippen LogP contribution in [-0.2, 0) is 11.3 Å². The first-order valence-electron chi connectivity index (χ1n) is 16.2. The van der Waals surface area contributed by atoms with Crippen molar-refractivity contribution in [1.82, 2.24) is 19.9 Å². The maximum atomic E-state index is 12.9. The van der Waals surface area contributed by atoms with Crippen LogP contribution in [0.1, 0.15) is 24.5 Å². The van der Waals surface area contributed by atoms with Gasteiger partial charge in [0.15, 0.2) is 6.10 Å². The van der Waals surface area contributed by atoms with Crippen LogP contribution in [0.5, 0.6) is 11.6 Å². The first-order chi connectivity index (χ1) is 24.0. The number of alkyl halides is 3. The Hall–Kier alpha value is -5.43. The number of aryl methyl sites for hydroxylation is 1. The second-order valence-corrected chi connectivity index (χ2v) is 12.4. The number of likely N-dealkylation sites (tertiary alicyclic amines) is 1. The number of benzene rings is 3. The number of aliphatic hydroxyl groups excluding tert-OH is 1. The molecule has 1 aliphatic rings. The fourth-order valence-corrected chi connectivity index (χ4v) is 5.99. The van der Waals surface area contributed by atoms with Crippen LogP contribution in [0.2, 0.25) is 0 Å². The average Bonchev–Trinajstić information content (AvgIpc) is 3.10. The van der Waals surface area contributed by atoms with Gasteiger partial charge in [0, 0.05) is 54.5 Å².